The standard InChI is InChI=1S/C24H26N2O5S2/c1-16(2)30-21-10-8-18(9-11-21)22-12-25-23(32-22)19-6-4-17(5-7-19)13-26-14-20(15-26)24(27)31-33(3,28)29/h4-12,16,20H,13-15H2,1-3H3. The van der Waals surface area contributed by atoms with E-state index in [0.29, 0.717) is 19.6 Å². The van der Waals surface area contributed by atoms with Gasteiger partial charge in [-0.05, 0) is 49.2 Å². The van der Waals surface area contributed by atoms with Crippen LogP contribution in [0.25, 0.3) is 21.0 Å². The predicted molar refractivity (Wildman–Crippen MR) is 128 cm³/mol. The Morgan fingerprint density at radius 3 is 2.33 bits per heavy atom. The molecule has 0 amide bonds. The van der Waals surface area contributed by atoms with Crippen molar-refractivity contribution in [2.24, 2.45) is 5.92 Å². The molecule has 1 saturated heterocycles. The minimum atomic E-state index is -3.75. The van der Waals surface area contributed by atoms with Crippen LogP contribution in [0, 0.1) is 5.92 Å². The first-order valence-corrected chi connectivity index (χ1v) is 13.3. The Bertz CT molecular complexity index is 1210. The van der Waals surface area contributed by atoms with Crippen LogP contribution in [0.4, 0.5) is 0 Å². The highest BCUT2D eigenvalue weighted by Gasteiger charge is 2.35. The Hall–Kier alpha value is -2.75. The molecule has 7 nitrogen and oxygen atoms in total. The summed E-state index contributed by atoms with van der Waals surface area (Å²) in [5.74, 6) is -0.209. The van der Waals surface area contributed by atoms with Gasteiger partial charge in [-0.15, -0.1) is 11.3 Å². The van der Waals surface area contributed by atoms with Crippen LogP contribution in [-0.4, -0.2) is 49.7 Å². The topological polar surface area (TPSA) is 85.8 Å². The first kappa shape index (κ1) is 23.4. The average Bonchev–Trinajstić information content (AvgIpc) is 3.20. The van der Waals surface area contributed by atoms with Gasteiger partial charge < -0.3 is 8.92 Å². The van der Waals surface area contributed by atoms with Crippen molar-refractivity contribution < 1.29 is 22.1 Å². The third-order valence-corrected chi connectivity index (χ3v) is 6.71. The zero-order valence-corrected chi connectivity index (χ0v) is 20.4. The van der Waals surface area contributed by atoms with E-state index in [1.165, 1.54) is 0 Å². The van der Waals surface area contributed by atoms with Gasteiger partial charge in [0.1, 0.15) is 10.8 Å². The SMILES string of the molecule is CC(C)Oc1ccc(-c2cnc(-c3ccc(CN4CC(C(=O)OS(C)(=O)=O)C4)cc3)s2)cc1. The van der Waals surface area contributed by atoms with E-state index in [4.69, 9.17) is 4.74 Å². The van der Waals surface area contributed by atoms with Crippen molar-refractivity contribution in [3.05, 3.63) is 60.3 Å². The van der Waals surface area contributed by atoms with Crippen LogP contribution in [0.2, 0.25) is 0 Å². The summed E-state index contributed by atoms with van der Waals surface area (Å²) in [5, 5.41) is 0.951. The van der Waals surface area contributed by atoms with Gasteiger partial charge in [-0.2, -0.15) is 8.42 Å². The number of ether oxygens (including phenoxy) is 1. The summed E-state index contributed by atoms with van der Waals surface area (Å²) in [4.78, 5) is 19.5. The molecule has 4 rings (SSSR count). The highest BCUT2D eigenvalue weighted by atomic mass is 32.2. The second-order valence-corrected chi connectivity index (χ2v) is 11.0. The molecule has 174 valence electrons. The van der Waals surface area contributed by atoms with E-state index in [2.05, 4.69) is 26.2 Å². The van der Waals surface area contributed by atoms with Gasteiger partial charge in [-0.3, -0.25) is 9.69 Å². The number of hydrogen-bond donors (Lipinski definition) is 0. The van der Waals surface area contributed by atoms with Crippen molar-refractivity contribution in [2.45, 2.75) is 26.5 Å². The molecule has 0 atom stereocenters. The molecule has 0 N–H and O–H groups in total. The summed E-state index contributed by atoms with van der Waals surface area (Å²) in [6.45, 7) is 5.69. The van der Waals surface area contributed by atoms with E-state index in [9.17, 15) is 13.2 Å². The Labute approximate surface area is 198 Å². The van der Waals surface area contributed by atoms with Gasteiger partial charge >= 0.3 is 16.1 Å². The van der Waals surface area contributed by atoms with Crippen molar-refractivity contribution in [1.82, 2.24) is 9.88 Å². The van der Waals surface area contributed by atoms with E-state index < -0.39 is 22.0 Å². The number of thiazole rings is 1. The molecule has 2 aromatic carbocycles. The van der Waals surface area contributed by atoms with E-state index >= 15 is 0 Å². The molecule has 0 bridgehead atoms. The van der Waals surface area contributed by atoms with Gasteiger partial charge in [0.2, 0.25) is 0 Å². The molecule has 1 aromatic heterocycles. The van der Waals surface area contributed by atoms with Crippen molar-refractivity contribution in [3.8, 4) is 26.8 Å². The van der Waals surface area contributed by atoms with E-state index in [-0.39, 0.29) is 6.10 Å². The molecule has 1 fully saturated rings. The fourth-order valence-corrected chi connectivity index (χ4v) is 4.95. The maximum absolute atomic E-state index is 11.8. The first-order chi connectivity index (χ1) is 15.7. The molecule has 0 spiro atoms. The van der Waals surface area contributed by atoms with Gasteiger partial charge in [0, 0.05) is 31.4 Å². The van der Waals surface area contributed by atoms with Crippen LogP contribution in [0.1, 0.15) is 19.4 Å². The second kappa shape index (κ2) is 9.62. The van der Waals surface area contributed by atoms with E-state index in [1.54, 1.807) is 11.3 Å². The van der Waals surface area contributed by atoms with E-state index in [1.807, 2.05) is 56.4 Å². The molecule has 1 aliphatic rings. The second-order valence-electron chi connectivity index (χ2n) is 8.42. The van der Waals surface area contributed by atoms with Crippen molar-refractivity contribution in [3.63, 3.8) is 0 Å². The lowest BCUT2D eigenvalue weighted by molar-refractivity contribution is -0.144. The molecule has 2 heterocycles. The van der Waals surface area contributed by atoms with Crippen LogP contribution >= 0.6 is 11.3 Å². The van der Waals surface area contributed by atoms with Crippen LogP contribution in [-0.2, 0) is 25.6 Å². The Morgan fingerprint density at radius 1 is 1.09 bits per heavy atom. The van der Waals surface area contributed by atoms with Gasteiger partial charge in [0.15, 0.2) is 0 Å². The van der Waals surface area contributed by atoms with Crippen LogP contribution in [0.3, 0.4) is 0 Å². The molecular formula is C24H26N2O5S2. The summed E-state index contributed by atoms with van der Waals surface area (Å²) in [5.41, 5.74) is 3.27. The number of benzene rings is 2. The van der Waals surface area contributed by atoms with Gasteiger partial charge in [0.25, 0.3) is 0 Å². The fraction of sp³-hybridized carbons (Fsp3) is 0.333. The van der Waals surface area contributed by atoms with E-state index in [0.717, 1.165) is 38.6 Å². The number of hydrogen-bond acceptors (Lipinski definition) is 8. The predicted octanol–water partition coefficient (Wildman–Crippen LogP) is 4.20. The van der Waals surface area contributed by atoms with Gasteiger partial charge in [-0.25, -0.2) is 4.98 Å². The maximum Gasteiger partial charge on any atom is 0.327 e. The highest BCUT2D eigenvalue weighted by molar-refractivity contribution is 7.86. The summed E-state index contributed by atoms with van der Waals surface area (Å²) in [6.07, 6.45) is 2.92. The largest absolute Gasteiger partial charge is 0.491 e. The number of nitrogens with zero attached hydrogens (tertiary/aromatic N) is 2. The maximum atomic E-state index is 11.8. The lowest BCUT2D eigenvalue weighted by Crippen LogP contribution is -2.50. The molecule has 0 radical (unpaired) electrons. The summed E-state index contributed by atoms with van der Waals surface area (Å²) in [7, 11) is -3.75. The minimum Gasteiger partial charge on any atom is -0.491 e. The quantitative estimate of drug-likeness (QED) is 0.441. The highest BCUT2D eigenvalue weighted by Crippen LogP contribution is 2.33. The van der Waals surface area contributed by atoms with Crippen molar-refractivity contribution in [2.75, 3.05) is 19.3 Å². The fourth-order valence-electron chi connectivity index (χ4n) is 3.59. The first-order valence-electron chi connectivity index (χ1n) is 10.6. The minimum absolute atomic E-state index is 0.146. The van der Waals surface area contributed by atoms with Crippen LogP contribution in [0.15, 0.2) is 54.7 Å². The normalized spacial score (nSPS) is 14.8. The third kappa shape index (κ3) is 6.19. The number of aromatic nitrogens is 1. The zero-order valence-electron chi connectivity index (χ0n) is 18.7. The molecular weight excluding hydrogens is 460 g/mol. The molecule has 33 heavy (non-hydrogen) atoms. The number of carbonyl (C=O) groups excluding carboxylic acids is 1. The lowest BCUT2D eigenvalue weighted by atomic mass is 9.99. The van der Waals surface area contributed by atoms with Crippen molar-refractivity contribution >= 4 is 27.4 Å². The third-order valence-electron chi connectivity index (χ3n) is 5.15. The monoisotopic (exact) mass is 486 g/mol. The average molecular weight is 487 g/mol. The van der Waals surface area contributed by atoms with Gasteiger partial charge in [0.05, 0.1) is 23.2 Å². The summed E-state index contributed by atoms with van der Waals surface area (Å²) >= 11 is 1.64. The number of rotatable bonds is 8. The van der Waals surface area contributed by atoms with Crippen LogP contribution < -0.4 is 4.74 Å². The number of likely N-dealkylation sites (tertiary alicyclic amines) is 1. The molecule has 9 heteroatoms. The Morgan fingerprint density at radius 2 is 1.73 bits per heavy atom. The molecule has 0 unspecified atom stereocenters. The zero-order chi connectivity index (χ0) is 23.6. The molecule has 0 aliphatic carbocycles. The smallest absolute Gasteiger partial charge is 0.327 e. The molecule has 1 aliphatic heterocycles. The Balaban J connectivity index is 1.33. The Kier molecular flexibility index (Phi) is 6.83. The summed E-state index contributed by atoms with van der Waals surface area (Å²) < 4.78 is 32.3. The van der Waals surface area contributed by atoms with Gasteiger partial charge in [-0.1, -0.05) is 24.3 Å². The van der Waals surface area contributed by atoms with Crippen molar-refractivity contribution in [1.29, 1.82) is 0 Å². The lowest BCUT2D eigenvalue weighted by Gasteiger charge is -2.37. The van der Waals surface area contributed by atoms with Crippen LogP contribution in [0.5, 0.6) is 5.75 Å². The molecule has 3 aromatic rings. The number of carbonyl (C=O) groups is 1. The molecule has 0 saturated carbocycles. The summed E-state index contributed by atoms with van der Waals surface area (Å²) in [6, 6.07) is 16.2.